The second kappa shape index (κ2) is 9.29. The highest BCUT2D eigenvalue weighted by atomic mass is 32.1. The summed E-state index contributed by atoms with van der Waals surface area (Å²) in [6, 6.07) is 7.54. The van der Waals surface area contributed by atoms with Gasteiger partial charge < -0.3 is 25.8 Å². The molecule has 1 aliphatic rings. The van der Waals surface area contributed by atoms with Crippen LogP contribution in [0.25, 0.3) is 32.0 Å². The largest absolute Gasteiger partial charge is 0.387 e. The summed E-state index contributed by atoms with van der Waals surface area (Å²) in [7, 11) is 0. The first-order chi connectivity index (χ1) is 16.5. The number of hydrogen-bond acceptors (Lipinski definition) is 10. The van der Waals surface area contributed by atoms with Gasteiger partial charge in [0.05, 0.1) is 29.0 Å². The van der Waals surface area contributed by atoms with Gasteiger partial charge in [0.15, 0.2) is 11.6 Å². The average Bonchev–Trinajstić information content (AvgIpc) is 3.21. The number of aliphatic hydroxyl groups excluding tert-OH is 1. The Morgan fingerprint density at radius 3 is 2.71 bits per heavy atom. The van der Waals surface area contributed by atoms with E-state index in [4.69, 9.17) is 25.5 Å². The molecule has 0 radical (unpaired) electrons. The molecule has 0 spiro atoms. The predicted molar refractivity (Wildman–Crippen MR) is 132 cm³/mol. The van der Waals surface area contributed by atoms with E-state index in [1.807, 2.05) is 25.1 Å². The van der Waals surface area contributed by atoms with E-state index in [-0.39, 0.29) is 5.95 Å². The molecule has 5 rings (SSSR count). The minimum Gasteiger partial charge on any atom is -0.387 e. The smallest absolute Gasteiger partial charge is 0.250 e. The molecule has 3 aromatic heterocycles. The molecule has 4 aromatic rings. The maximum absolute atomic E-state index is 11.6. The van der Waals surface area contributed by atoms with Gasteiger partial charge in [0.1, 0.15) is 6.61 Å². The van der Waals surface area contributed by atoms with Crippen molar-refractivity contribution < 1.29 is 14.6 Å². The van der Waals surface area contributed by atoms with E-state index >= 15 is 0 Å². The molecule has 174 valence electrons. The number of carbonyl (C=O) groups excluding carboxylic acids is 1. The van der Waals surface area contributed by atoms with Gasteiger partial charge in [-0.1, -0.05) is 12.1 Å². The highest BCUT2D eigenvalue weighted by Crippen LogP contribution is 2.42. The molecule has 4 N–H and O–H groups in total. The molecule has 11 heteroatoms. The molecule has 10 nitrogen and oxygen atoms in total. The number of nitrogens with zero attached hydrogens (tertiary/aromatic N) is 5. The maximum Gasteiger partial charge on any atom is 0.250 e. The topological polar surface area (TPSA) is 139 Å². The van der Waals surface area contributed by atoms with Crippen molar-refractivity contribution in [2.24, 2.45) is 0 Å². The van der Waals surface area contributed by atoms with E-state index in [0.717, 1.165) is 45.1 Å². The Labute approximate surface area is 199 Å². The highest BCUT2D eigenvalue weighted by molar-refractivity contribution is 7.23. The van der Waals surface area contributed by atoms with E-state index in [0.29, 0.717) is 30.3 Å². The minimum atomic E-state index is -0.567. The highest BCUT2D eigenvalue weighted by Gasteiger charge is 2.23. The van der Waals surface area contributed by atoms with E-state index < -0.39 is 12.5 Å². The summed E-state index contributed by atoms with van der Waals surface area (Å²) in [5.41, 5.74) is 9.78. The van der Waals surface area contributed by atoms with Crippen LogP contribution in [0.5, 0.6) is 0 Å². The monoisotopic (exact) mass is 477 g/mol. The van der Waals surface area contributed by atoms with Gasteiger partial charge in [-0.3, -0.25) is 4.79 Å². The number of thiophene rings is 1. The first-order valence-electron chi connectivity index (χ1n) is 10.8. The summed E-state index contributed by atoms with van der Waals surface area (Å²) < 4.78 is 6.53. The zero-order chi connectivity index (χ0) is 23.7. The van der Waals surface area contributed by atoms with Crippen LogP contribution in [0.2, 0.25) is 0 Å². The summed E-state index contributed by atoms with van der Waals surface area (Å²) >= 11 is 1.62. The number of fused-ring (bicyclic) bond motifs is 1. The SMILES string of the molecule is Cc1c(-c2cccc(NC(=O)CO)c2)sc2c(N3CCOCC3)nc(-c3cnc(N)nc3)nc12. The number of aliphatic hydroxyl groups is 1. The number of hydrogen-bond donors (Lipinski definition) is 3. The number of aromatic nitrogens is 4. The predicted octanol–water partition coefficient (Wildman–Crippen LogP) is 2.47. The molecule has 4 heterocycles. The summed E-state index contributed by atoms with van der Waals surface area (Å²) in [5.74, 6) is 1.12. The lowest BCUT2D eigenvalue weighted by molar-refractivity contribution is -0.118. The molecule has 0 aliphatic carbocycles. The lowest BCUT2D eigenvalue weighted by Gasteiger charge is -2.28. The van der Waals surface area contributed by atoms with Crippen LogP contribution in [0.4, 0.5) is 17.5 Å². The summed E-state index contributed by atoms with van der Waals surface area (Å²) in [4.78, 5) is 32.9. The van der Waals surface area contributed by atoms with Crippen molar-refractivity contribution in [2.75, 3.05) is 48.9 Å². The molecule has 1 aliphatic heterocycles. The van der Waals surface area contributed by atoms with E-state index in [2.05, 4.69) is 20.2 Å². The number of carbonyl (C=O) groups is 1. The van der Waals surface area contributed by atoms with Crippen LogP contribution in [0, 0.1) is 6.92 Å². The number of nitrogens with two attached hydrogens (primary N) is 1. The van der Waals surface area contributed by atoms with E-state index in [1.165, 1.54) is 0 Å². The van der Waals surface area contributed by atoms with Crippen LogP contribution < -0.4 is 16.0 Å². The number of morpholine rings is 1. The van der Waals surface area contributed by atoms with Crippen LogP contribution in [0.1, 0.15) is 5.56 Å². The molecule has 0 bridgehead atoms. The van der Waals surface area contributed by atoms with Gasteiger partial charge in [0, 0.05) is 36.0 Å². The van der Waals surface area contributed by atoms with Gasteiger partial charge in [-0.15, -0.1) is 11.3 Å². The van der Waals surface area contributed by atoms with E-state index in [1.54, 1.807) is 29.8 Å². The van der Waals surface area contributed by atoms with Crippen molar-refractivity contribution in [2.45, 2.75) is 6.92 Å². The Morgan fingerprint density at radius 2 is 1.97 bits per heavy atom. The lowest BCUT2D eigenvalue weighted by atomic mass is 10.1. The molecular weight excluding hydrogens is 454 g/mol. The number of anilines is 3. The zero-order valence-electron chi connectivity index (χ0n) is 18.5. The fourth-order valence-electron chi connectivity index (χ4n) is 3.86. The Bertz CT molecular complexity index is 1350. The van der Waals surface area contributed by atoms with Gasteiger partial charge in [-0.25, -0.2) is 19.9 Å². The number of benzene rings is 1. The van der Waals surface area contributed by atoms with Gasteiger partial charge in [0.25, 0.3) is 0 Å². The Hall–Kier alpha value is -3.67. The van der Waals surface area contributed by atoms with Gasteiger partial charge >= 0.3 is 0 Å². The Balaban J connectivity index is 1.66. The fourth-order valence-corrected chi connectivity index (χ4v) is 5.12. The quantitative estimate of drug-likeness (QED) is 0.395. The second-order valence-electron chi connectivity index (χ2n) is 7.82. The Kier molecular flexibility index (Phi) is 6.05. The number of amides is 1. The summed E-state index contributed by atoms with van der Waals surface area (Å²) in [6.45, 7) is 4.21. The molecule has 34 heavy (non-hydrogen) atoms. The van der Waals surface area contributed by atoms with Crippen LogP contribution >= 0.6 is 11.3 Å². The number of rotatable bonds is 5. The average molecular weight is 478 g/mol. The van der Waals surface area contributed by atoms with Crippen LogP contribution in [-0.4, -0.2) is 63.9 Å². The maximum atomic E-state index is 11.6. The van der Waals surface area contributed by atoms with Crippen molar-refractivity contribution >= 4 is 44.9 Å². The van der Waals surface area contributed by atoms with Crippen molar-refractivity contribution in [1.82, 2.24) is 19.9 Å². The van der Waals surface area contributed by atoms with Crippen LogP contribution in [-0.2, 0) is 9.53 Å². The van der Waals surface area contributed by atoms with Gasteiger partial charge in [0.2, 0.25) is 11.9 Å². The van der Waals surface area contributed by atoms with E-state index in [9.17, 15) is 4.79 Å². The van der Waals surface area contributed by atoms with Crippen molar-refractivity contribution in [1.29, 1.82) is 0 Å². The second-order valence-corrected chi connectivity index (χ2v) is 8.84. The molecule has 1 amide bonds. The molecule has 0 atom stereocenters. The Morgan fingerprint density at radius 1 is 1.21 bits per heavy atom. The van der Waals surface area contributed by atoms with Crippen molar-refractivity contribution in [3.63, 3.8) is 0 Å². The number of nitrogens with one attached hydrogen (secondary N) is 1. The molecule has 1 aromatic carbocycles. The molecule has 0 saturated carbocycles. The summed E-state index contributed by atoms with van der Waals surface area (Å²) in [6.07, 6.45) is 3.26. The number of nitrogen functional groups attached to an aromatic ring is 1. The summed E-state index contributed by atoms with van der Waals surface area (Å²) in [5, 5.41) is 11.8. The lowest BCUT2D eigenvalue weighted by Crippen LogP contribution is -2.36. The normalized spacial score (nSPS) is 13.9. The van der Waals surface area contributed by atoms with Crippen LogP contribution in [0.15, 0.2) is 36.7 Å². The third-order valence-corrected chi connectivity index (χ3v) is 6.87. The molecule has 1 saturated heterocycles. The molecular formula is C23H23N7O3S. The fraction of sp³-hybridized carbons (Fsp3) is 0.261. The standard InChI is InChI=1S/C23H23N7O3S/c1-13-18-20(34-19(13)14-3-2-4-16(9-14)27-17(32)12-31)22(30-5-7-33-8-6-30)29-21(28-18)15-10-25-23(24)26-11-15/h2-4,9-11,31H,5-8,12H2,1H3,(H,27,32)(H2,24,25,26). The minimum absolute atomic E-state index is 0.195. The third-order valence-electron chi connectivity index (χ3n) is 5.54. The number of ether oxygens (including phenoxy) is 1. The van der Waals surface area contributed by atoms with Crippen LogP contribution in [0.3, 0.4) is 0 Å². The third kappa shape index (κ3) is 4.28. The first-order valence-corrected chi connectivity index (χ1v) is 11.6. The zero-order valence-corrected chi connectivity index (χ0v) is 19.3. The molecule has 1 fully saturated rings. The first kappa shape index (κ1) is 22.1. The van der Waals surface area contributed by atoms with Gasteiger partial charge in [-0.05, 0) is 30.2 Å². The molecule has 0 unspecified atom stereocenters. The van der Waals surface area contributed by atoms with Crippen molar-refractivity contribution in [3.05, 3.63) is 42.2 Å². The van der Waals surface area contributed by atoms with Gasteiger partial charge in [-0.2, -0.15) is 0 Å². The number of aryl methyl sites for hydroxylation is 1. The van der Waals surface area contributed by atoms with Crippen molar-refractivity contribution in [3.8, 4) is 21.8 Å².